The first kappa shape index (κ1) is 13.8. The van der Waals surface area contributed by atoms with Gasteiger partial charge >= 0.3 is 0 Å². The second-order valence-electron chi connectivity index (χ2n) is 5.68. The summed E-state index contributed by atoms with van der Waals surface area (Å²) in [6.45, 7) is 10.6. The van der Waals surface area contributed by atoms with Crippen LogP contribution in [0.4, 0.5) is 0 Å². The van der Waals surface area contributed by atoms with Gasteiger partial charge in [-0.05, 0) is 31.6 Å². The molecule has 3 nitrogen and oxygen atoms in total. The summed E-state index contributed by atoms with van der Waals surface area (Å²) in [5, 5.41) is 9.09. The number of allylic oxidation sites excluding steroid dienone is 1. The summed E-state index contributed by atoms with van der Waals surface area (Å²) in [4.78, 5) is 13.9. The first-order chi connectivity index (χ1) is 7.85. The number of hydrogen-bond donors (Lipinski definition) is 0. The summed E-state index contributed by atoms with van der Waals surface area (Å²) in [6, 6.07) is 2.03. The molecule has 0 bridgehead atoms. The summed E-state index contributed by atoms with van der Waals surface area (Å²) in [5.41, 5.74) is 0.0840. The molecular weight excluding hydrogens is 212 g/mol. The molecule has 0 aromatic carbocycles. The highest BCUT2D eigenvalue weighted by Crippen LogP contribution is 2.22. The van der Waals surface area contributed by atoms with Crippen molar-refractivity contribution in [1.29, 1.82) is 5.26 Å². The van der Waals surface area contributed by atoms with Crippen LogP contribution in [0.2, 0.25) is 0 Å². The standard InChI is InChI=1S/C14H21N2O/c1-11-7-5-6-8-16(11)13(17)12(10-15)9-14(2,3)4/h9,11H,1,5-8H2,2-4H3/b12-9+/t11-/m0/s1. The Balaban J connectivity index is 2.87. The molecule has 1 radical (unpaired) electrons. The van der Waals surface area contributed by atoms with Crippen molar-refractivity contribution in [2.24, 2.45) is 5.41 Å². The first-order valence-electron chi connectivity index (χ1n) is 6.12. The van der Waals surface area contributed by atoms with Gasteiger partial charge in [0.1, 0.15) is 11.6 Å². The third kappa shape index (κ3) is 3.89. The minimum atomic E-state index is -0.165. The molecule has 1 aliphatic rings. The van der Waals surface area contributed by atoms with E-state index < -0.39 is 0 Å². The van der Waals surface area contributed by atoms with E-state index in [1.54, 1.807) is 11.0 Å². The molecule has 1 fully saturated rings. The largest absolute Gasteiger partial charge is 0.335 e. The highest BCUT2D eigenvalue weighted by atomic mass is 16.2. The first-order valence-corrected chi connectivity index (χ1v) is 6.12. The number of carbonyl (C=O) groups is 1. The Morgan fingerprint density at radius 1 is 1.47 bits per heavy atom. The van der Waals surface area contributed by atoms with E-state index in [2.05, 4.69) is 6.92 Å². The Kier molecular flexibility index (Phi) is 4.34. The maximum atomic E-state index is 12.2. The molecule has 0 aromatic rings. The van der Waals surface area contributed by atoms with E-state index in [1.165, 1.54) is 0 Å². The van der Waals surface area contributed by atoms with E-state index in [0.29, 0.717) is 0 Å². The molecule has 0 N–H and O–H groups in total. The van der Waals surface area contributed by atoms with Crippen LogP contribution in [0.25, 0.3) is 0 Å². The minimum absolute atomic E-state index is 0.00738. The summed E-state index contributed by atoms with van der Waals surface area (Å²) < 4.78 is 0. The molecule has 0 spiro atoms. The average Bonchev–Trinajstić information content (AvgIpc) is 2.24. The van der Waals surface area contributed by atoms with Crippen molar-refractivity contribution in [3.05, 3.63) is 18.6 Å². The van der Waals surface area contributed by atoms with Crippen LogP contribution in [-0.2, 0) is 4.79 Å². The third-order valence-electron chi connectivity index (χ3n) is 2.82. The van der Waals surface area contributed by atoms with Crippen LogP contribution in [0.15, 0.2) is 11.6 Å². The molecule has 0 aliphatic carbocycles. The summed E-state index contributed by atoms with van der Waals surface area (Å²) >= 11 is 0. The molecular formula is C14H21N2O. The number of hydrogen-bond acceptors (Lipinski definition) is 2. The second kappa shape index (κ2) is 5.35. The van der Waals surface area contributed by atoms with Crippen LogP contribution >= 0.6 is 0 Å². The number of nitriles is 1. The van der Waals surface area contributed by atoms with Crippen LogP contribution in [-0.4, -0.2) is 23.4 Å². The van der Waals surface area contributed by atoms with Gasteiger partial charge in [0.05, 0.1) is 0 Å². The number of carbonyl (C=O) groups excluding carboxylic acids is 1. The van der Waals surface area contributed by atoms with Gasteiger partial charge in [-0.1, -0.05) is 26.8 Å². The van der Waals surface area contributed by atoms with E-state index >= 15 is 0 Å². The molecule has 1 rings (SSSR count). The normalized spacial score (nSPS) is 22.2. The fraction of sp³-hybridized carbons (Fsp3) is 0.643. The lowest BCUT2D eigenvalue weighted by Gasteiger charge is -2.33. The van der Waals surface area contributed by atoms with E-state index in [0.717, 1.165) is 25.8 Å². The molecule has 3 heteroatoms. The van der Waals surface area contributed by atoms with Crippen molar-refractivity contribution in [3.8, 4) is 6.07 Å². The maximum absolute atomic E-state index is 12.2. The highest BCUT2D eigenvalue weighted by molar-refractivity contribution is 5.97. The van der Waals surface area contributed by atoms with Crippen LogP contribution in [0.3, 0.4) is 0 Å². The summed E-state index contributed by atoms with van der Waals surface area (Å²) in [5.74, 6) is -0.165. The van der Waals surface area contributed by atoms with Crippen molar-refractivity contribution in [1.82, 2.24) is 4.90 Å². The average molecular weight is 233 g/mol. The van der Waals surface area contributed by atoms with Crippen LogP contribution in [0, 0.1) is 23.7 Å². The predicted molar refractivity (Wildman–Crippen MR) is 67.9 cm³/mol. The van der Waals surface area contributed by atoms with Gasteiger partial charge in [0.2, 0.25) is 0 Å². The van der Waals surface area contributed by atoms with Crippen molar-refractivity contribution in [2.75, 3.05) is 6.54 Å². The summed E-state index contributed by atoms with van der Waals surface area (Å²) in [6.07, 6.45) is 4.80. The molecule has 1 saturated heterocycles. The highest BCUT2D eigenvalue weighted by Gasteiger charge is 2.26. The van der Waals surface area contributed by atoms with Crippen LogP contribution in [0.5, 0.6) is 0 Å². The van der Waals surface area contributed by atoms with E-state index in [-0.39, 0.29) is 22.9 Å². The number of rotatable bonds is 1. The lowest BCUT2D eigenvalue weighted by atomic mass is 9.93. The van der Waals surface area contributed by atoms with Crippen molar-refractivity contribution < 1.29 is 4.79 Å². The van der Waals surface area contributed by atoms with Gasteiger partial charge in [0.15, 0.2) is 0 Å². The Morgan fingerprint density at radius 2 is 2.12 bits per heavy atom. The molecule has 0 saturated carbocycles. The zero-order chi connectivity index (χ0) is 13.1. The summed E-state index contributed by atoms with van der Waals surface area (Å²) in [7, 11) is 0. The van der Waals surface area contributed by atoms with Gasteiger partial charge in [0, 0.05) is 12.6 Å². The number of piperidine rings is 1. The number of amides is 1. The van der Waals surface area contributed by atoms with Crippen LogP contribution < -0.4 is 0 Å². The van der Waals surface area contributed by atoms with Crippen molar-refractivity contribution >= 4 is 5.91 Å². The predicted octanol–water partition coefficient (Wildman–Crippen LogP) is 2.70. The van der Waals surface area contributed by atoms with Gasteiger partial charge in [-0.3, -0.25) is 4.79 Å². The lowest BCUT2D eigenvalue weighted by Crippen LogP contribution is -2.42. The molecule has 1 heterocycles. The fourth-order valence-electron chi connectivity index (χ4n) is 2.00. The second-order valence-corrected chi connectivity index (χ2v) is 5.68. The van der Waals surface area contributed by atoms with Crippen molar-refractivity contribution in [3.63, 3.8) is 0 Å². The van der Waals surface area contributed by atoms with Crippen molar-refractivity contribution in [2.45, 2.75) is 46.1 Å². The molecule has 0 unspecified atom stereocenters. The molecule has 93 valence electrons. The molecule has 1 aliphatic heterocycles. The van der Waals surface area contributed by atoms with Gasteiger partial charge in [-0.25, -0.2) is 0 Å². The zero-order valence-corrected chi connectivity index (χ0v) is 11.0. The fourth-order valence-corrected chi connectivity index (χ4v) is 2.00. The van der Waals surface area contributed by atoms with E-state index in [1.807, 2.05) is 26.8 Å². The zero-order valence-electron chi connectivity index (χ0n) is 11.0. The Hall–Kier alpha value is -1.30. The molecule has 0 aromatic heterocycles. The SMILES string of the molecule is [CH2][C@H]1CCCCN1C(=O)/C(C#N)=C/C(C)(C)C. The number of likely N-dealkylation sites (tertiary alicyclic amines) is 1. The monoisotopic (exact) mass is 233 g/mol. The Morgan fingerprint density at radius 3 is 2.59 bits per heavy atom. The smallest absolute Gasteiger partial charge is 0.264 e. The van der Waals surface area contributed by atoms with Gasteiger partial charge in [0.25, 0.3) is 5.91 Å². The topological polar surface area (TPSA) is 44.1 Å². The maximum Gasteiger partial charge on any atom is 0.264 e. The molecule has 17 heavy (non-hydrogen) atoms. The molecule has 1 atom stereocenters. The Bertz CT molecular complexity index is 357. The van der Waals surface area contributed by atoms with Gasteiger partial charge in [-0.15, -0.1) is 0 Å². The van der Waals surface area contributed by atoms with Crippen LogP contribution in [0.1, 0.15) is 40.0 Å². The van der Waals surface area contributed by atoms with E-state index in [4.69, 9.17) is 5.26 Å². The minimum Gasteiger partial charge on any atom is -0.335 e. The van der Waals surface area contributed by atoms with Gasteiger partial charge < -0.3 is 4.90 Å². The molecule has 1 amide bonds. The van der Waals surface area contributed by atoms with E-state index in [9.17, 15) is 4.79 Å². The quantitative estimate of drug-likeness (QED) is 0.516. The lowest BCUT2D eigenvalue weighted by molar-refractivity contribution is -0.129. The third-order valence-corrected chi connectivity index (χ3v) is 2.82. The number of nitrogens with zero attached hydrogens (tertiary/aromatic N) is 2. The Labute approximate surface area is 104 Å². The van der Waals surface area contributed by atoms with Gasteiger partial charge in [-0.2, -0.15) is 5.26 Å².